The third-order valence-electron chi connectivity index (χ3n) is 2.16. The first kappa shape index (κ1) is 11.8. The Balaban J connectivity index is 2.17. The molecule has 1 nitrogen and oxygen atoms in total. The highest BCUT2D eigenvalue weighted by Gasteiger charge is 2.11. The van der Waals surface area contributed by atoms with Crippen LogP contribution in [0.15, 0.2) is 40.9 Å². The Bertz CT molecular complexity index is 521. The summed E-state index contributed by atoms with van der Waals surface area (Å²) in [7, 11) is 0. The second kappa shape index (κ2) is 5.13. The van der Waals surface area contributed by atoms with Crippen molar-refractivity contribution in [2.45, 2.75) is 6.42 Å². The van der Waals surface area contributed by atoms with Crippen LogP contribution in [0.2, 0.25) is 4.34 Å². The van der Waals surface area contributed by atoms with Gasteiger partial charge in [-0.1, -0.05) is 45.7 Å². The maximum atomic E-state index is 11.9. The van der Waals surface area contributed by atoms with Crippen LogP contribution in [0.5, 0.6) is 0 Å². The molecule has 0 unspecified atom stereocenters. The van der Waals surface area contributed by atoms with Crippen LogP contribution in [0.1, 0.15) is 15.2 Å². The zero-order valence-corrected chi connectivity index (χ0v) is 11.4. The molecule has 0 spiro atoms. The van der Waals surface area contributed by atoms with Crippen LogP contribution >= 0.6 is 38.9 Å². The maximum Gasteiger partial charge on any atom is 0.177 e. The lowest BCUT2D eigenvalue weighted by molar-refractivity contribution is 0.0996. The lowest BCUT2D eigenvalue weighted by Crippen LogP contribution is -2.01. The number of hydrogen-bond acceptors (Lipinski definition) is 2. The largest absolute Gasteiger partial charge is 0.293 e. The van der Waals surface area contributed by atoms with E-state index in [2.05, 4.69) is 15.9 Å². The summed E-state index contributed by atoms with van der Waals surface area (Å²) in [5, 5.41) is 0. The Morgan fingerprint density at radius 2 is 2.00 bits per heavy atom. The standard InChI is InChI=1S/C12H8BrClOS/c13-9-4-2-1-3-8(9)7-10(15)11-5-6-12(14)16-11/h1-6H,7H2. The number of carbonyl (C=O) groups is 1. The van der Waals surface area contributed by atoms with Crippen LogP contribution in [0, 0.1) is 0 Å². The Labute approximate surface area is 111 Å². The number of carbonyl (C=O) groups excluding carboxylic acids is 1. The van der Waals surface area contributed by atoms with Crippen LogP contribution in [-0.2, 0) is 6.42 Å². The second-order valence-electron chi connectivity index (χ2n) is 3.30. The van der Waals surface area contributed by atoms with Gasteiger partial charge >= 0.3 is 0 Å². The van der Waals surface area contributed by atoms with Gasteiger partial charge in [0.1, 0.15) is 0 Å². The number of halogens is 2. The third-order valence-corrected chi connectivity index (χ3v) is 4.20. The van der Waals surface area contributed by atoms with Crippen molar-refractivity contribution in [3.8, 4) is 0 Å². The quantitative estimate of drug-likeness (QED) is 0.757. The summed E-state index contributed by atoms with van der Waals surface area (Å²) in [6.07, 6.45) is 0.401. The van der Waals surface area contributed by atoms with Crippen molar-refractivity contribution >= 4 is 44.7 Å². The highest BCUT2D eigenvalue weighted by molar-refractivity contribution is 9.10. The summed E-state index contributed by atoms with van der Waals surface area (Å²) in [6.45, 7) is 0. The Morgan fingerprint density at radius 1 is 1.25 bits per heavy atom. The molecule has 1 aromatic heterocycles. The van der Waals surface area contributed by atoms with Gasteiger partial charge in [-0.05, 0) is 23.8 Å². The monoisotopic (exact) mass is 314 g/mol. The predicted molar refractivity (Wildman–Crippen MR) is 71.5 cm³/mol. The molecule has 1 heterocycles. The first-order valence-corrected chi connectivity index (χ1v) is 6.67. The second-order valence-corrected chi connectivity index (χ2v) is 5.86. The van der Waals surface area contributed by atoms with Crippen molar-refractivity contribution in [3.05, 3.63) is 55.6 Å². The Kier molecular flexibility index (Phi) is 3.79. The van der Waals surface area contributed by atoms with E-state index < -0.39 is 0 Å². The Morgan fingerprint density at radius 3 is 2.62 bits per heavy atom. The molecular weight excluding hydrogens is 308 g/mol. The van der Waals surface area contributed by atoms with Gasteiger partial charge in [0.15, 0.2) is 5.78 Å². The van der Waals surface area contributed by atoms with Crippen LogP contribution in [0.3, 0.4) is 0 Å². The summed E-state index contributed by atoms with van der Waals surface area (Å²) in [5.41, 5.74) is 0.997. The molecule has 82 valence electrons. The number of hydrogen-bond donors (Lipinski definition) is 0. The molecule has 2 aromatic rings. The molecule has 0 bridgehead atoms. The molecule has 1 aromatic carbocycles. The fourth-order valence-electron chi connectivity index (χ4n) is 1.37. The molecule has 0 radical (unpaired) electrons. The number of benzene rings is 1. The molecule has 2 rings (SSSR count). The van der Waals surface area contributed by atoms with Gasteiger partial charge < -0.3 is 0 Å². The summed E-state index contributed by atoms with van der Waals surface area (Å²) in [4.78, 5) is 12.6. The highest BCUT2D eigenvalue weighted by Crippen LogP contribution is 2.24. The molecule has 16 heavy (non-hydrogen) atoms. The molecule has 0 N–H and O–H groups in total. The van der Waals surface area contributed by atoms with Gasteiger partial charge in [0, 0.05) is 10.9 Å². The van der Waals surface area contributed by atoms with Gasteiger partial charge in [-0.2, -0.15) is 0 Å². The molecule has 0 saturated heterocycles. The van der Waals surface area contributed by atoms with E-state index in [1.54, 1.807) is 12.1 Å². The predicted octanol–water partition coefficient (Wildman–Crippen LogP) is 4.59. The third kappa shape index (κ3) is 2.73. The van der Waals surface area contributed by atoms with E-state index in [1.807, 2.05) is 24.3 Å². The molecule has 0 amide bonds. The Hall–Kier alpha value is -0.640. The summed E-state index contributed by atoms with van der Waals surface area (Å²) < 4.78 is 1.61. The van der Waals surface area contributed by atoms with E-state index in [1.165, 1.54) is 11.3 Å². The zero-order chi connectivity index (χ0) is 11.5. The van der Waals surface area contributed by atoms with Crippen molar-refractivity contribution in [3.63, 3.8) is 0 Å². The molecule has 0 aliphatic heterocycles. The smallest absolute Gasteiger partial charge is 0.177 e. The minimum absolute atomic E-state index is 0.101. The summed E-state index contributed by atoms with van der Waals surface area (Å²) in [5.74, 6) is 0.101. The summed E-state index contributed by atoms with van der Waals surface area (Å²) in [6, 6.07) is 11.3. The normalized spacial score (nSPS) is 10.4. The van der Waals surface area contributed by atoms with E-state index in [9.17, 15) is 4.79 Å². The number of ketones is 1. The maximum absolute atomic E-state index is 11.9. The van der Waals surface area contributed by atoms with Crippen LogP contribution in [0.25, 0.3) is 0 Å². The average molecular weight is 316 g/mol. The van der Waals surface area contributed by atoms with E-state index >= 15 is 0 Å². The topological polar surface area (TPSA) is 17.1 Å². The van der Waals surface area contributed by atoms with Crippen LogP contribution < -0.4 is 0 Å². The fourth-order valence-corrected chi connectivity index (χ4v) is 2.77. The van der Waals surface area contributed by atoms with Gasteiger partial charge in [-0.25, -0.2) is 0 Å². The van der Waals surface area contributed by atoms with Crippen LogP contribution in [-0.4, -0.2) is 5.78 Å². The van der Waals surface area contributed by atoms with Crippen molar-refractivity contribution in [2.75, 3.05) is 0 Å². The lowest BCUT2D eigenvalue weighted by atomic mass is 10.1. The van der Waals surface area contributed by atoms with Crippen molar-refractivity contribution in [1.29, 1.82) is 0 Å². The van der Waals surface area contributed by atoms with Gasteiger partial charge in [0.05, 0.1) is 9.21 Å². The molecule has 0 aliphatic rings. The average Bonchev–Trinajstić information content (AvgIpc) is 2.68. The summed E-state index contributed by atoms with van der Waals surface area (Å²) >= 11 is 10.5. The molecule has 4 heteroatoms. The fraction of sp³-hybridized carbons (Fsp3) is 0.0833. The first-order chi connectivity index (χ1) is 7.66. The molecule has 0 saturated carbocycles. The van der Waals surface area contributed by atoms with E-state index in [-0.39, 0.29) is 5.78 Å². The van der Waals surface area contributed by atoms with Crippen molar-refractivity contribution < 1.29 is 4.79 Å². The number of rotatable bonds is 3. The minimum atomic E-state index is 0.101. The first-order valence-electron chi connectivity index (χ1n) is 4.69. The molecular formula is C12H8BrClOS. The van der Waals surface area contributed by atoms with Gasteiger partial charge in [-0.3, -0.25) is 4.79 Å². The number of Topliss-reactive ketones (excluding diaryl/α,β-unsaturated/α-hetero) is 1. The minimum Gasteiger partial charge on any atom is -0.293 e. The van der Waals surface area contributed by atoms with Crippen molar-refractivity contribution in [1.82, 2.24) is 0 Å². The van der Waals surface area contributed by atoms with Gasteiger partial charge in [0.2, 0.25) is 0 Å². The number of thiophene rings is 1. The van der Waals surface area contributed by atoms with Gasteiger partial charge in [0.25, 0.3) is 0 Å². The van der Waals surface area contributed by atoms with Crippen LogP contribution in [0.4, 0.5) is 0 Å². The van der Waals surface area contributed by atoms with Crippen molar-refractivity contribution in [2.24, 2.45) is 0 Å². The molecule has 0 atom stereocenters. The van der Waals surface area contributed by atoms with Gasteiger partial charge in [-0.15, -0.1) is 11.3 Å². The molecule has 0 fully saturated rings. The zero-order valence-electron chi connectivity index (χ0n) is 8.24. The highest BCUT2D eigenvalue weighted by atomic mass is 79.9. The van der Waals surface area contributed by atoms with E-state index in [0.717, 1.165) is 10.0 Å². The lowest BCUT2D eigenvalue weighted by Gasteiger charge is -2.01. The van der Waals surface area contributed by atoms with E-state index in [4.69, 9.17) is 11.6 Å². The van der Waals surface area contributed by atoms with E-state index in [0.29, 0.717) is 15.6 Å². The SMILES string of the molecule is O=C(Cc1ccccc1Br)c1ccc(Cl)s1. The molecule has 0 aliphatic carbocycles.